The Balaban J connectivity index is 1.96. The van der Waals surface area contributed by atoms with E-state index in [2.05, 4.69) is 5.32 Å². The van der Waals surface area contributed by atoms with Crippen molar-refractivity contribution >= 4 is 0 Å². The Kier molecular flexibility index (Phi) is 3.52. The van der Waals surface area contributed by atoms with Crippen molar-refractivity contribution < 1.29 is 17.9 Å². The molecule has 0 unspecified atom stereocenters. The minimum atomic E-state index is -4.16. The molecule has 18 heavy (non-hydrogen) atoms. The highest BCUT2D eigenvalue weighted by Gasteiger charge is 2.62. The number of ether oxygens (including phenoxy) is 1. The molecular formula is C13H16F3NO. The van der Waals surface area contributed by atoms with Gasteiger partial charge in [-0.15, -0.1) is 0 Å². The van der Waals surface area contributed by atoms with Gasteiger partial charge < -0.3 is 4.74 Å². The molecule has 5 heteroatoms. The Morgan fingerprint density at radius 2 is 2.06 bits per heavy atom. The molecule has 1 saturated carbocycles. The van der Waals surface area contributed by atoms with E-state index >= 15 is 0 Å². The van der Waals surface area contributed by atoms with Gasteiger partial charge in [-0.05, 0) is 37.5 Å². The Hall–Kier alpha value is -1.23. The van der Waals surface area contributed by atoms with E-state index in [1.165, 1.54) is 0 Å². The fourth-order valence-corrected chi connectivity index (χ4v) is 1.87. The Labute approximate surface area is 104 Å². The molecule has 0 spiro atoms. The fraction of sp³-hybridized carbons (Fsp3) is 0.538. The van der Waals surface area contributed by atoms with Crippen LogP contribution in [0.5, 0.6) is 5.75 Å². The molecular weight excluding hydrogens is 243 g/mol. The normalized spacial score (nSPS) is 17.6. The third kappa shape index (κ3) is 2.77. The number of nitrogens with one attached hydrogen (secondary N) is 1. The summed E-state index contributed by atoms with van der Waals surface area (Å²) in [5, 5.41) is 2.62. The number of hydrogen-bond donors (Lipinski definition) is 1. The van der Waals surface area contributed by atoms with Gasteiger partial charge in [-0.3, -0.25) is 5.32 Å². The summed E-state index contributed by atoms with van der Waals surface area (Å²) in [4.78, 5) is 0. The van der Waals surface area contributed by atoms with Gasteiger partial charge in [0.1, 0.15) is 11.3 Å². The molecule has 2 nitrogen and oxygen atoms in total. The van der Waals surface area contributed by atoms with Gasteiger partial charge in [0, 0.05) is 6.54 Å². The summed E-state index contributed by atoms with van der Waals surface area (Å²) in [5.74, 6) is 0.689. The Morgan fingerprint density at radius 3 is 2.61 bits per heavy atom. The zero-order valence-corrected chi connectivity index (χ0v) is 10.2. The molecule has 1 aliphatic rings. The van der Waals surface area contributed by atoms with Crippen molar-refractivity contribution in [1.82, 2.24) is 5.32 Å². The van der Waals surface area contributed by atoms with E-state index in [-0.39, 0.29) is 19.4 Å². The van der Waals surface area contributed by atoms with E-state index in [1.807, 2.05) is 6.92 Å². The van der Waals surface area contributed by atoms with Crippen molar-refractivity contribution in [3.05, 3.63) is 29.8 Å². The maximum Gasteiger partial charge on any atom is 0.406 e. The molecule has 1 aromatic carbocycles. The summed E-state index contributed by atoms with van der Waals surface area (Å²) >= 11 is 0. The van der Waals surface area contributed by atoms with Crippen LogP contribution in [0.2, 0.25) is 0 Å². The summed E-state index contributed by atoms with van der Waals surface area (Å²) < 4.78 is 43.4. The summed E-state index contributed by atoms with van der Waals surface area (Å²) in [6.07, 6.45) is -3.83. The molecule has 0 bridgehead atoms. The van der Waals surface area contributed by atoms with Gasteiger partial charge in [0.15, 0.2) is 0 Å². The van der Waals surface area contributed by atoms with Crippen molar-refractivity contribution in [3.8, 4) is 5.75 Å². The minimum absolute atomic E-state index is 0.168. The smallest absolute Gasteiger partial charge is 0.406 e. The fourth-order valence-electron chi connectivity index (χ4n) is 1.87. The first-order valence-electron chi connectivity index (χ1n) is 6.00. The maximum absolute atomic E-state index is 12.7. The van der Waals surface area contributed by atoms with Crippen LogP contribution in [0.1, 0.15) is 25.3 Å². The minimum Gasteiger partial charge on any atom is -0.494 e. The summed E-state index contributed by atoms with van der Waals surface area (Å²) in [7, 11) is 0. The first-order valence-corrected chi connectivity index (χ1v) is 6.00. The number of benzene rings is 1. The quantitative estimate of drug-likeness (QED) is 0.876. The van der Waals surface area contributed by atoms with Crippen LogP contribution < -0.4 is 10.1 Å². The van der Waals surface area contributed by atoms with Gasteiger partial charge in [-0.25, -0.2) is 0 Å². The van der Waals surface area contributed by atoms with Crippen LogP contribution in [0.4, 0.5) is 13.2 Å². The van der Waals surface area contributed by atoms with E-state index in [0.29, 0.717) is 12.4 Å². The summed E-state index contributed by atoms with van der Waals surface area (Å²) in [6, 6.07) is 7.14. The second kappa shape index (κ2) is 4.80. The van der Waals surface area contributed by atoms with Crippen LogP contribution in [0, 0.1) is 0 Å². The third-order valence-corrected chi connectivity index (χ3v) is 3.13. The molecule has 1 fully saturated rings. The lowest BCUT2D eigenvalue weighted by Gasteiger charge is -2.20. The molecule has 100 valence electrons. The molecule has 0 radical (unpaired) electrons. The molecule has 2 rings (SSSR count). The summed E-state index contributed by atoms with van der Waals surface area (Å²) in [5.41, 5.74) is -0.856. The largest absolute Gasteiger partial charge is 0.494 e. The standard InChI is InChI=1S/C13H16F3NO/c1-2-18-11-5-3-4-10(8-11)9-17-12(6-7-12)13(14,15)16/h3-5,8,17H,2,6-7,9H2,1H3. The topological polar surface area (TPSA) is 21.3 Å². The zero-order valence-electron chi connectivity index (χ0n) is 10.2. The van der Waals surface area contributed by atoms with E-state index in [4.69, 9.17) is 4.74 Å². The number of rotatable bonds is 5. The predicted molar refractivity (Wildman–Crippen MR) is 62.5 cm³/mol. The highest BCUT2D eigenvalue weighted by Crippen LogP contribution is 2.49. The molecule has 1 aromatic rings. The highest BCUT2D eigenvalue weighted by molar-refractivity contribution is 5.28. The Morgan fingerprint density at radius 1 is 1.33 bits per heavy atom. The number of alkyl halides is 3. The molecule has 0 aliphatic heterocycles. The average molecular weight is 259 g/mol. The molecule has 0 aromatic heterocycles. The lowest BCUT2D eigenvalue weighted by atomic mass is 10.2. The van der Waals surface area contributed by atoms with Crippen LogP contribution in [-0.2, 0) is 6.54 Å². The number of halogens is 3. The number of hydrogen-bond acceptors (Lipinski definition) is 2. The van der Waals surface area contributed by atoms with Gasteiger partial charge in [0.2, 0.25) is 0 Å². The lowest BCUT2D eigenvalue weighted by Crippen LogP contribution is -2.44. The molecule has 0 amide bonds. The van der Waals surface area contributed by atoms with Crippen LogP contribution >= 0.6 is 0 Å². The monoisotopic (exact) mass is 259 g/mol. The zero-order chi connectivity index (χ0) is 13.2. The molecule has 1 N–H and O–H groups in total. The Bertz CT molecular complexity index is 413. The van der Waals surface area contributed by atoms with Gasteiger partial charge in [-0.1, -0.05) is 12.1 Å². The molecule has 1 aliphatic carbocycles. The van der Waals surface area contributed by atoms with Gasteiger partial charge >= 0.3 is 6.18 Å². The predicted octanol–water partition coefficient (Wildman–Crippen LogP) is 3.27. The van der Waals surface area contributed by atoms with Crippen LogP contribution in [0.15, 0.2) is 24.3 Å². The van der Waals surface area contributed by atoms with Crippen molar-refractivity contribution in [2.75, 3.05) is 6.61 Å². The first kappa shape index (κ1) is 13.2. The second-order valence-corrected chi connectivity index (χ2v) is 4.51. The van der Waals surface area contributed by atoms with Crippen LogP contribution in [0.3, 0.4) is 0 Å². The lowest BCUT2D eigenvalue weighted by molar-refractivity contribution is -0.166. The molecule has 0 atom stereocenters. The van der Waals surface area contributed by atoms with Crippen LogP contribution in [-0.4, -0.2) is 18.3 Å². The van der Waals surface area contributed by atoms with Gasteiger partial charge in [-0.2, -0.15) is 13.2 Å². The van der Waals surface area contributed by atoms with Gasteiger partial charge in [0.25, 0.3) is 0 Å². The van der Waals surface area contributed by atoms with E-state index in [1.54, 1.807) is 24.3 Å². The van der Waals surface area contributed by atoms with Crippen molar-refractivity contribution in [1.29, 1.82) is 0 Å². The van der Waals surface area contributed by atoms with Gasteiger partial charge in [0.05, 0.1) is 6.61 Å². The van der Waals surface area contributed by atoms with E-state index in [0.717, 1.165) is 5.56 Å². The second-order valence-electron chi connectivity index (χ2n) is 4.51. The third-order valence-electron chi connectivity index (χ3n) is 3.13. The maximum atomic E-state index is 12.7. The van der Waals surface area contributed by atoms with Crippen molar-refractivity contribution in [2.45, 2.75) is 38.0 Å². The molecule has 0 saturated heterocycles. The van der Waals surface area contributed by atoms with E-state index in [9.17, 15) is 13.2 Å². The molecule has 0 heterocycles. The van der Waals surface area contributed by atoms with Crippen molar-refractivity contribution in [2.24, 2.45) is 0 Å². The first-order chi connectivity index (χ1) is 8.47. The highest BCUT2D eigenvalue weighted by atomic mass is 19.4. The van der Waals surface area contributed by atoms with Crippen molar-refractivity contribution in [3.63, 3.8) is 0 Å². The SMILES string of the molecule is CCOc1cccc(CNC2(C(F)(F)F)CC2)c1. The van der Waals surface area contributed by atoms with Crippen LogP contribution in [0.25, 0.3) is 0 Å². The summed E-state index contributed by atoms with van der Waals surface area (Å²) in [6.45, 7) is 2.62. The average Bonchev–Trinajstić information content (AvgIpc) is 3.08. The van der Waals surface area contributed by atoms with E-state index < -0.39 is 11.7 Å².